The summed E-state index contributed by atoms with van der Waals surface area (Å²) in [4.78, 5) is 24.1. The number of rotatable bonds is 2. The van der Waals surface area contributed by atoms with Gasteiger partial charge in [0.15, 0.2) is 0 Å². The van der Waals surface area contributed by atoms with Gasteiger partial charge in [-0.2, -0.15) is 0 Å². The highest BCUT2D eigenvalue weighted by atomic mass is 19.3. The lowest BCUT2D eigenvalue weighted by atomic mass is 9.69. The summed E-state index contributed by atoms with van der Waals surface area (Å²) < 4.78 is 41.3. The van der Waals surface area contributed by atoms with E-state index in [9.17, 15) is 22.8 Å². The lowest BCUT2D eigenvalue weighted by molar-refractivity contribution is -0.142. The van der Waals surface area contributed by atoms with Crippen LogP contribution < -0.4 is 10.6 Å². The van der Waals surface area contributed by atoms with Crippen LogP contribution in [-0.2, 0) is 4.79 Å². The summed E-state index contributed by atoms with van der Waals surface area (Å²) in [5.74, 6) is -4.57. The molecule has 3 rings (SSSR count). The van der Waals surface area contributed by atoms with Crippen LogP contribution in [0.1, 0.15) is 36.0 Å². The Labute approximate surface area is 131 Å². The first kappa shape index (κ1) is 15.8. The molecule has 1 saturated heterocycles. The van der Waals surface area contributed by atoms with Crippen molar-refractivity contribution in [3.05, 3.63) is 35.6 Å². The number of hydrogen-bond donors (Lipinski definition) is 2. The second kappa shape index (κ2) is 5.54. The normalized spacial score (nSPS) is 29.3. The molecule has 0 unspecified atom stereocenters. The Kier molecular flexibility index (Phi) is 3.82. The van der Waals surface area contributed by atoms with Crippen molar-refractivity contribution in [1.29, 1.82) is 0 Å². The number of halogens is 3. The summed E-state index contributed by atoms with van der Waals surface area (Å²) in [6.45, 7) is 0.374. The molecule has 2 amide bonds. The molecule has 1 aromatic carbocycles. The zero-order valence-electron chi connectivity index (χ0n) is 12.4. The van der Waals surface area contributed by atoms with E-state index in [0.29, 0.717) is 13.0 Å². The quantitative estimate of drug-likeness (QED) is 0.876. The Morgan fingerprint density at radius 1 is 1.30 bits per heavy atom. The Hall–Kier alpha value is -2.05. The molecule has 1 aromatic rings. The summed E-state index contributed by atoms with van der Waals surface area (Å²) in [5.41, 5.74) is -1.05. The van der Waals surface area contributed by atoms with Crippen LogP contribution in [0.2, 0.25) is 0 Å². The number of amides is 2. The van der Waals surface area contributed by atoms with Gasteiger partial charge in [0, 0.05) is 31.0 Å². The van der Waals surface area contributed by atoms with E-state index in [4.69, 9.17) is 0 Å². The highest BCUT2D eigenvalue weighted by Gasteiger charge is 2.55. The van der Waals surface area contributed by atoms with E-state index in [1.807, 2.05) is 0 Å². The molecule has 4 nitrogen and oxygen atoms in total. The molecule has 1 heterocycles. The zero-order valence-corrected chi connectivity index (χ0v) is 12.4. The summed E-state index contributed by atoms with van der Waals surface area (Å²) in [6, 6.07) is 4.22. The number of carbonyl (C=O) groups is 2. The Morgan fingerprint density at radius 3 is 2.74 bits per heavy atom. The first-order chi connectivity index (χ1) is 10.8. The standard InChI is InChI=1S/C16H17F3N2O2/c17-11-3-1-2-10(6-11)13(22)21-12-7-15(4-5-20-14(15)23)9-16(18,19)8-12/h1-3,6,12H,4-5,7-9H2,(H,20,23)(H,21,22)/t12-,15+/m0/s1. The number of carbonyl (C=O) groups excluding carboxylic acids is 2. The third-order valence-corrected chi connectivity index (χ3v) is 4.57. The lowest BCUT2D eigenvalue weighted by Gasteiger charge is -2.40. The van der Waals surface area contributed by atoms with Gasteiger partial charge in [-0.25, -0.2) is 13.2 Å². The third kappa shape index (κ3) is 3.18. The molecule has 1 aliphatic heterocycles. The molecular weight excluding hydrogens is 309 g/mol. The van der Waals surface area contributed by atoms with Gasteiger partial charge in [0.05, 0.1) is 5.41 Å². The Bertz CT molecular complexity index is 650. The Morgan fingerprint density at radius 2 is 2.09 bits per heavy atom. The molecule has 2 aliphatic rings. The van der Waals surface area contributed by atoms with Crippen LogP contribution in [0.25, 0.3) is 0 Å². The SMILES string of the molecule is O=C(N[C@@H]1CC(F)(F)C[C@@]2(CCNC2=O)C1)c1cccc(F)c1. The van der Waals surface area contributed by atoms with Gasteiger partial charge in [-0.1, -0.05) is 6.07 Å². The fourth-order valence-electron chi connectivity index (χ4n) is 3.62. The minimum atomic E-state index is -3.01. The average Bonchev–Trinajstić information content (AvgIpc) is 2.77. The summed E-state index contributed by atoms with van der Waals surface area (Å²) >= 11 is 0. The molecule has 2 atom stereocenters. The van der Waals surface area contributed by atoms with Crippen molar-refractivity contribution in [2.45, 2.75) is 37.6 Å². The van der Waals surface area contributed by atoms with E-state index in [0.717, 1.165) is 6.07 Å². The highest BCUT2D eigenvalue weighted by molar-refractivity contribution is 5.94. The molecular formula is C16H17F3N2O2. The van der Waals surface area contributed by atoms with Gasteiger partial charge in [-0.3, -0.25) is 9.59 Å². The number of alkyl halides is 2. The third-order valence-electron chi connectivity index (χ3n) is 4.57. The first-order valence-corrected chi connectivity index (χ1v) is 7.52. The summed E-state index contributed by atoms with van der Waals surface area (Å²) in [6.07, 6.45) is -0.482. The maximum absolute atomic E-state index is 14.1. The van der Waals surface area contributed by atoms with Crippen molar-refractivity contribution in [1.82, 2.24) is 10.6 Å². The van der Waals surface area contributed by atoms with E-state index < -0.39 is 41.9 Å². The van der Waals surface area contributed by atoms with Crippen LogP contribution in [0.3, 0.4) is 0 Å². The predicted octanol–water partition coefficient (Wildman–Crippen LogP) is 2.25. The van der Waals surface area contributed by atoms with Crippen LogP contribution in [-0.4, -0.2) is 30.3 Å². The topological polar surface area (TPSA) is 58.2 Å². The summed E-state index contributed by atoms with van der Waals surface area (Å²) in [5, 5.41) is 5.12. The first-order valence-electron chi connectivity index (χ1n) is 7.52. The van der Waals surface area contributed by atoms with E-state index >= 15 is 0 Å². The molecule has 7 heteroatoms. The van der Waals surface area contributed by atoms with Crippen molar-refractivity contribution < 1.29 is 22.8 Å². The average molecular weight is 326 g/mol. The molecule has 23 heavy (non-hydrogen) atoms. The fraction of sp³-hybridized carbons (Fsp3) is 0.500. The van der Waals surface area contributed by atoms with Gasteiger partial charge < -0.3 is 10.6 Å². The fourth-order valence-corrected chi connectivity index (χ4v) is 3.62. The maximum Gasteiger partial charge on any atom is 0.251 e. The maximum atomic E-state index is 14.1. The molecule has 0 aromatic heterocycles. The van der Waals surface area contributed by atoms with Crippen LogP contribution in [0.4, 0.5) is 13.2 Å². The molecule has 2 N–H and O–H groups in total. The van der Waals surface area contributed by atoms with Gasteiger partial charge in [0.1, 0.15) is 5.82 Å². The van der Waals surface area contributed by atoms with Crippen LogP contribution in [0.15, 0.2) is 24.3 Å². The van der Waals surface area contributed by atoms with Crippen LogP contribution >= 0.6 is 0 Å². The van der Waals surface area contributed by atoms with Crippen molar-refractivity contribution in [3.63, 3.8) is 0 Å². The molecule has 2 fully saturated rings. The van der Waals surface area contributed by atoms with E-state index in [1.165, 1.54) is 18.2 Å². The van der Waals surface area contributed by atoms with E-state index in [-0.39, 0.29) is 17.9 Å². The smallest absolute Gasteiger partial charge is 0.251 e. The predicted molar refractivity (Wildman–Crippen MR) is 76.5 cm³/mol. The zero-order chi connectivity index (χ0) is 16.7. The molecule has 0 radical (unpaired) electrons. The van der Waals surface area contributed by atoms with Gasteiger partial charge in [-0.05, 0) is 31.0 Å². The largest absolute Gasteiger partial charge is 0.356 e. The van der Waals surface area contributed by atoms with Crippen molar-refractivity contribution in [2.24, 2.45) is 5.41 Å². The van der Waals surface area contributed by atoms with E-state index in [2.05, 4.69) is 10.6 Å². The van der Waals surface area contributed by atoms with Gasteiger partial charge in [0.2, 0.25) is 5.91 Å². The Balaban J connectivity index is 1.77. The van der Waals surface area contributed by atoms with Crippen LogP contribution in [0.5, 0.6) is 0 Å². The molecule has 1 saturated carbocycles. The number of nitrogens with one attached hydrogen (secondary N) is 2. The summed E-state index contributed by atoms with van der Waals surface area (Å²) in [7, 11) is 0. The lowest BCUT2D eigenvalue weighted by Crippen LogP contribution is -2.51. The van der Waals surface area contributed by atoms with E-state index in [1.54, 1.807) is 0 Å². The van der Waals surface area contributed by atoms with Crippen molar-refractivity contribution in [3.8, 4) is 0 Å². The minimum Gasteiger partial charge on any atom is -0.356 e. The van der Waals surface area contributed by atoms with Gasteiger partial charge >= 0.3 is 0 Å². The molecule has 1 spiro atoms. The second-order valence-corrected chi connectivity index (χ2v) is 6.41. The molecule has 0 bridgehead atoms. The van der Waals surface area contributed by atoms with Crippen molar-refractivity contribution >= 4 is 11.8 Å². The molecule has 1 aliphatic carbocycles. The van der Waals surface area contributed by atoms with Gasteiger partial charge in [-0.15, -0.1) is 0 Å². The monoisotopic (exact) mass is 326 g/mol. The number of benzene rings is 1. The second-order valence-electron chi connectivity index (χ2n) is 6.41. The molecule has 124 valence electrons. The van der Waals surface area contributed by atoms with Crippen LogP contribution in [0, 0.1) is 11.2 Å². The number of hydrogen-bond acceptors (Lipinski definition) is 2. The highest BCUT2D eigenvalue weighted by Crippen LogP contribution is 2.48. The van der Waals surface area contributed by atoms with Gasteiger partial charge in [0.25, 0.3) is 11.8 Å². The van der Waals surface area contributed by atoms with Crippen molar-refractivity contribution in [2.75, 3.05) is 6.54 Å². The minimum absolute atomic E-state index is 0.0730.